The Hall–Kier alpha value is -2.21. The zero-order valence-electron chi connectivity index (χ0n) is 15.8. The smallest absolute Gasteiger partial charge is 0.251 e. The first kappa shape index (κ1) is 18.6. The van der Waals surface area contributed by atoms with Gasteiger partial charge in [-0.15, -0.1) is 0 Å². The quantitative estimate of drug-likeness (QED) is 0.864. The zero-order chi connectivity index (χ0) is 18.4. The van der Waals surface area contributed by atoms with Gasteiger partial charge >= 0.3 is 0 Å². The fourth-order valence-corrected chi connectivity index (χ4v) is 3.56. The molecule has 3 rings (SSSR count). The van der Waals surface area contributed by atoms with Gasteiger partial charge in [-0.2, -0.15) is 5.10 Å². The first-order chi connectivity index (χ1) is 12.7. The van der Waals surface area contributed by atoms with Crippen molar-refractivity contribution in [2.45, 2.75) is 58.7 Å². The van der Waals surface area contributed by atoms with E-state index in [-0.39, 0.29) is 11.9 Å². The van der Waals surface area contributed by atoms with E-state index in [4.69, 9.17) is 0 Å². The lowest BCUT2D eigenvalue weighted by molar-refractivity contribution is 0.0937. The third-order valence-electron chi connectivity index (χ3n) is 4.97. The molecule has 26 heavy (non-hydrogen) atoms. The summed E-state index contributed by atoms with van der Waals surface area (Å²) in [6, 6.07) is 7.79. The van der Waals surface area contributed by atoms with Gasteiger partial charge in [-0.05, 0) is 57.5 Å². The third-order valence-corrected chi connectivity index (χ3v) is 4.97. The van der Waals surface area contributed by atoms with Crippen molar-refractivity contribution in [1.82, 2.24) is 25.0 Å². The Kier molecular flexibility index (Phi) is 6.39. The zero-order valence-corrected chi connectivity index (χ0v) is 15.8. The molecule has 1 atom stereocenters. The van der Waals surface area contributed by atoms with Gasteiger partial charge in [0.1, 0.15) is 12.2 Å². The van der Waals surface area contributed by atoms with Crippen LogP contribution in [0, 0.1) is 0 Å². The van der Waals surface area contributed by atoms with Gasteiger partial charge in [-0.3, -0.25) is 9.69 Å². The largest absolute Gasteiger partial charge is 0.342 e. The molecular weight excluding hydrogens is 326 g/mol. The van der Waals surface area contributed by atoms with Crippen molar-refractivity contribution >= 4 is 5.91 Å². The molecule has 0 aliphatic carbocycles. The van der Waals surface area contributed by atoms with E-state index in [0.717, 1.165) is 32.0 Å². The average molecular weight is 355 g/mol. The Bertz CT molecular complexity index is 718. The lowest BCUT2D eigenvalue weighted by atomic mass is 10.1. The predicted molar refractivity (Wildman–Crippen MR) is 102 cm³/mol. The molecule has 1 aliphatic rings. The molecule has 6 nitrogen and oxygen atoms in total. The topological polar surface area (TPSA) is 63.1 Å². The highest BCUT2D eigenvalue weighted by molar-refractivity contribution is 5.94. The number of likely N-dealkylation sites (tertiary alicyclic amines) is 1. The molecule has 1 unspecified atom stereocenters. The summed E-state index contributed by atoms with van der Waals surface area (Å²) in [5, 5.41) is 7.21. The summed E-state index contributed by atoms with van der Waals surface area (Å²) in [5.41, 5.74) is 1.90. The van der Waals surface area contributed by atoms with Gasteiger partial charge in [0.25, 0.3) is 5.91 Å². The molecule has 1 saturated heterocycles. The van der Waals surface area contributed by atoms with Gasteiger partial charge in [-0.1, -0.05) is 25.0 Å². The van der Waals surface area contributed by atoms with Crippen molar-refractivity contribution in [1.29, 1.82) is 0 Å². The van der Waals surface area contributed by atoms with Crippen LogP contribution in [0.25, 0.3) is 0 Å². The minimum Gasteiger partial charge on any atom is -0.342 e. The maximum Gasteiger partial charge on any atom is 0.251 e. The maximum absolute atomic E-state index is 12.7. The van der Waals surface area contributed by atoms with E-state index in [1.54, 1.807) is 4.68 Å². The van der Waals surface area contributed by atoms with Gasteiger partial charge in [0, 0.05) is 18.7 Å². The van der Waals surface area contributed by atoms with Crippen LogP contribution in [0.5, 0.6) is 0 Å². The van der Waals surface area contributed by atoms with Crippen LogP contribution in [0.2, 0.25) is 0 Å². The van der Waals surface area contributed by atoms with E-state index in [0.29, 0.717) is 5.56 Å². The first-order valence-electron chi connectivity index (χ1n) is 9.67. The Morgan fingerprint density at radius 2 is 2.00 bits per heavy atom. The monoisotopic (exact) mass is 355 g/mol. The predicted octanol–water partition coefficient (Wildman–Crippen LogP) is 3.17. The van der Waals surface area contributed by atoms with Crippen LogP contribution in [0.4, 0.5) is 0 Å². The van der Waals surface area contributed by atoms with Crippen LogP contribution in [0.1, 0.15) is 67.3 Å². The molecule has 0 radical (unpaired) electrons. The number of aryl methyl sites for hydroxylation is 1. The molecule has 1 aliphatic heterocycles. The second-order valence-electron chi connectivity index (χ2n) is 7.02. The number of nitrogens with one attached hydrogen (secondary N) is 1. The van der Waals surface area contributed by atoms with Gasteiger partial charge in [0.15, 0.2) is 0 Å². The van der Waals surface area contributed by atoms with Crippen LogP contribution in [0.15, 0.2) is 30.6 Å². The van der Waals surface area contributed by atoms with Crippen molar-refractivity contribution < 1.29 is 4.79 Å². The lowest BCUT2D eigenvalue weighted by Gasteiger charge is -2.20. The SMILES string of the molecule is CCn1ncnc1C(C)NC(=O)c1cccc(CN2CCCCCC2)c1. The molecule has 1 fully saturated rings. The number of carbonyl (C=O) groups is 1. The second-order valence-corrected chi connectivity index (χ2v) is 7.02. The summed E-state index contributed by atoms with van der Waals surface area (Å²) >= 11 is 0. The maximum atomic E-state index is 12.7. The van der Waals surface area contributed by atoms with Crippen LogP contribution < -0.4 is 5.32 Å². The van der Waals surface area contributed by atoms with Crippen molar-refractivity contribution in [2.24, 2.45) is 0 Å². The van der Waals surface area contributed by atoms with Crippen molar-refractivity contribution in [3.05, 3.63) is 47.5 Å². The summed E-state index contributed by atoms with van der Waals surface area (Å²) in [6.45, 7) is 7.91. The summed E-state index contributed by atoms with van der Waals surface area (Å²) in [4.78, 5) is 19.4. The fourth-order valence-electron chi connectivity index (χ4n) is 3.56. The number of aromatic nitrogens is 3. The third kappa shape index (κ3) is 4.69. The molecule has 1 aromatic heterocycles. The molecule has 1 aromatic carbocycles. The Morgan fingerprint density at radius 1 is 1.23 bits per heavy atom. The van der Waals surface area contributed by atoms with E-state index in [2.05, 4.69) is 26.4 Å². The molecule has 0 saturated carbocycles. The molecule has 0 spiro atoms. The van der Waals surface area contributed by atoms with Crippen LogP contribution >= 0.6 is 0 Å². The number of rotatable bonds is 6. The molecule has 140 valence electrons. The van der Waals surface area contributed by atoms with E-state index >= 15 is 0 Å². The number of carbonyl (C=O) groups excluding carboxylic acids is 1. The summed E-state index contributed by atoms with van der Waals surface area (Å²) in [5.74, 6) is 0.711. The average Bonchev–Trinajstić information content (AvgIpc) is 2.99. The van der Waals surface area contributed by atoms with Crippen molar-refractivity contribution in [3.8, 4) is 0 Å². The molecule has 2 heterocycles. The second kappa shape index (κ2) is 8.94. The normalized spacial score (nSPS) is 16.8. The van der Waals surface area contributed by atoms with E-state index in [1.807, 2.05) is 32.0 Å². The molecule has 1 amide bonds. The van der Waals surface area contributed by atoms with E-state index in [1.165, 1.54) is 37.6 Å². The standard InChI is InChI=1S/C20H29N5O/c1-3-25-19(21-15-22-25)16(2)23-20(26)18-10-8-9-17(13-18)14-24-11-6-4-5-7-12-24/h8-10,13,15-16H,3-7,11-12,14H2,1-2H3,(H,23,26). The minimum atomic E-state index is -0.181. The summed E-state index contributed by atoms with van der Waals surface area (Å²) in [6.07, 6.45) is 6.74. The highest BCUT2D eigenvalue weighted by Crippen LogP contribution is 2.15. The molecule has 0 bridgehead atoms. The number of nitrogens with zero attached hydrogens (tertiary/aromatic N) is 4. The van der Waals surface area contributed by atoms with Crippen molar-refractivity contribution in [2.75, 3.05) is 13.1 Å². The van der Waals surface area contributed by atoms with E-state index < -0.39 is 0 Å². The van der Waals surface area contributed by atoms with Crippen LogP contribution in [-0.4, -0.2) is 38.7 Å². The lowest BCUT2D eigenvalue weighted by Crippen LogP contribution is -2.29. The Labute approximate surface area is 155 Å². The number of hydrogen-bond donors (Lipinski definition) is 1. The molecular formula is C20H29N5O. The number of amides is 1. The molecule has 6 heteroatoms. The Balaban J connectivity index is 1.64. The van der Waals surface area contributed by atoms with Gasteiger partial charge in [0.2, 0.25) is 0 Å². The van der Waals surface area contributed by atoms with Gasteiger partial charge in [0.05, 0.1) is 6.04 Å². The van der Waals surface area contributed by atoms with Crippen LogP contribution in [0.3, 0.4) is 0 Å². The highest BCUT2D eigenvalue weighted by atomic mass is 16.1. The fraction of sp³-hybridized carbons (Fsp3) is 0.550. The summed E-state index contributed by atoms with van der Waals surface area (Å²) in [7, 11) is 0. The summed E-state index contributed by atoms with van der Waals surface area (Å²) < 4.78 is 1.81. The molecule has 1 N–H and O–H groups in total. The van der Waals surface area contributed by atoms with Gasteiger partial charge in [-0.25, -0.2) is 9.67 Å². The first-order valence-corrected chi connectivity index (χ1v) is 9.67. The minimum absolute atomic E-state index is 0.0686. The number of benzene rings is 1. The Morgan fingerprint density at radius 3 is 2.73 bits per heavy atom. The van der Waals surface area contributed by atoms with Gasteiger partial charge < -0.3 is 5.32 Å². The molecule has 2 aromatic rings. The van der Waals surface area contributed by atoms with Crippen LogP contribution in [-0.2, 0) is 13.1 Å². The number of hydrogen-bond acceptors (Lipinski definition) is 4. The van der Waals surface area contributed by atoms with Crippen molar-refractivity contribution in [3.63, 3.8) is 0 Å². The van der Waals surface area contributed by atoms with E-state index in [9.17, 15) is 4.79 Å². The highest BCUT2D eigenvalue weighted by Gasteiger charge is 2.17.